The smallest absolute Gasteiger partial charge is 0.0900 e. The quantitative estimate of drug-likeness (QED) is 0.875. The van der Waals surface area contributed by atoms with Crippen molar-refractivity contribution in [3.8, 4) is 0 Å². The molecule has 3 atom stereocenters. The highest BCUT2D eigenvalue weighted by atomic mass is 32.2. The Labute approximate surface area is 124 Å². The predicted molar refractivity (Wildman–Crippen MR) is 82.9 cm³/mol. The van der Waals surface area contributed by atoms with Gasteiger partial charge in [-0.2, -0.15) is 11.8 Å². The van der Waals surface area contributed by atoms with Crippen molar-refractivity contribution in [1.29, 1.82) is 0 Å². The van der Waals surface area contributed by atoms with E-state index in [0.717, 1.165) is 19.6 Å². The van der Waals surface area contributed by atoms with Crippen molar-refractivity contribution >= 4 is 23.1 Å². The summed E-state index contributed by atoms with van der Waals surface area (Å²) in [5.41, 5.74) is 0. The highest BCUT2D eigenvalue weighted by molar-refractivity contribution is 8.00. The fourth-order valence-corrected chi connectivity index (χ4v) is 4.50. The Morgan fingerprint density at radius 3 is 2.79 bits per heavy atom. The van der Waals surface area contributed by atoms with E-state index in [2.05, 4.69) is 24.8 Å². The van der Waals surface area contributed by atoms with Crippen LogP contribution in [0.15, 0.2) is 17.5 Å². The van der Waals surface area contributed by atoms with Gasteiger partial charge in [-0.15, -0.1) is 11.3 Å². The van der Waals surface area contributed by atoms with E-state index in [1.54, 1.807) is 11.3 Å². The summed E-state index contributed by atoms with van der Waals surface area (Å²) in [6.45, 7) is 8.40. The molecule has 3 unspecified atom stereocenters. The third-order valence-corrected chi connectivity index (χ3v) is 5.18. The van der Waals surface area contributed by atoms with Gasteiger partial charge in [-0.05, 0) is 11.4 Å². The Hall–Kier alpha value is -0.0700. The van der Waals surface area contributed by atoms with E-state index in [1.807, 2.05) is 23.2 Å². The SMILES string of the molecule is CC1CN(CC(O)COCc2cccs2)CC(C)S1. The van der Waals surface area contributed by atoms with E-state index < -0.39 is 0 Å². The van der Waals surface area contributed by atoms with Crippen LogP contribution in [0.2, 0.25) is 0 Å². The van der Waals surface area contributed by atoms with Crippen molar-refractivity contribution < 1.29 is 9.84 Å². The number of thioether (sulfide) groups is 1. The molecule has 2 rings (SSSR count). The summed E-state index contributed by atoms with van der Waals surface area (Å²) in [4.78, 5) is 3.56. The molecule has 0 spiro atoms. The second-order valence-electron chi connectivity index (χ2n) is 5.22. The maximum absolute atomic E-state index is 10.0. The number of nitrogens with zero attached hydrogens (tertiary/aromatic N) is 1. The average Bonchev–Trinajstić information content (AvgIpc) is 2.80. The Morgan fingerprint density at radius 1 is 1.42 bits per heavy atom. The second-order valence-corrected chi connectivity index (χ2v) is 8.14. The van der Waals surface area contributed by atoms with Crippen LogP contribution in [0.4, 0.5) is 0 Å². The van der Waals surface area contributed by atoms with E-state index in [9.17, 15) is 5.11 Å². The van der Waals surface area contributed by atoms with Crippen LogP contribution in [0, 0.1) is 0 Å². The van der Waals surface area contributed by atoms with Crippen molar-refractivity contribution in [2.45, 2.75) is 37.1 Å². The Bertz CT molecular complexity index is 348. The monoisotopic (exact) mass is 301 g/mol. The minimum absolute atomic E-state index is 0.387. The van der Waals surface area contributed by atoms with E-state index in [1.165, 1.54) is 4.88 Å². The second kappa shape index (κ2) is 7.64. The first-order valence-corrected chi connectivity index (χ1v) is 8.61. The molecule has 1 fully saturated rings. The van der Waals surface area contributed by atoms with Crippen LogP contribution in [-0.4, -0.2) is 52.9 Å². The van der Waals surface area contributed by atoms with Gasteiger partial charge in [0.25, 0.3) is 0 Å². The van der Waals surface area contributed by atoms with Gasteiger partial charge in [0.2, 0.25) is 0 Å². The molecular weight excluding hydrogens is 278 g/mol. The first kappa shape index (κ1) is 15.3. The highest BCUT2D eigenvalue weighted by Crippen LogP contribution is 2.24. The zero-order chi connectivity index (χ0) is 13.7. The molecule has 108 valence electrons. The van der Waals surface area contributed by atoms with Gasteiger partial charge in [-0.1, -0.05) is 19.9 Å². The molecule has 3 nitrogen and oxygen atoms in total. The molecule has 1 saturated heterocycles. The fourth-order valence-electron chi connectivity index (χ4n) is 2.47. The number of ether oxygens (including phenoxy) is 1. The highest BCUT2D eigenvalue weighted by Gasteiger charge is 2.23. The van der Waals surface area contributed by atoms with Crippen LogP contribution >= 0.6 is 23.1 Å². The molecule has 1 aromatic rings. The van der Waals surface area contributed by atoms with Crippen molar-refractivity contribution in [3.63, 3.8) is 0 Å². The standard InChI is InChI=1S/C14H23NO2S2/c1-11-6-15(7-12(2)19-11)8-13(16)9-17-10-14-4-3-5-18-14/h3-5,11-13,16H,6-10H2,1-2H3. The molecule has 0 aromatic carbocycles. The summed E-state index contributed by atoms with van der Waals surface area (Å²) < 4.78 is 5.56. The molecule has 19 heavy (non-hydrogen) atoms. The third kappa shape index (κ3) is 5.44. The minimum Gasteiger partial charge on any atom is -0.389 e. The molecule has 0 amide bonds. The molecule has 1 aromatic heterocycles. The normalized spacial score (nSPS) is 26.5. The van der Waals surface area contributed by atoms with Crippen molar-refractivity contribution in [2.75, 3.05) is 26.2 Å². The van der Waals surface area contributed by atoms with Crippen LogP contribution in [0.1, 0.15) is 18.7 Å². The molecule has 0 aliphatic carbocycles. The maximum Gasteiger partial charge on any atom is 0.0900 e. The Balaban J connectivity index is 1.64. The number of β-amino-alcohol motifs (C(OH)–C–C–N with tert-alkyl or cyclic N) is 1. The Morgan fingerprint density at radius 2 is 2.16 bits per heavy atom. The van der Waals surface area contributed by atoms with Gasteiger partial charge in [0.1, 0.15) is 0 Å². The van der Waals surface area contributed by atoms with Crippen molar-refractivity contribution in [1.82, 2.24) is 4.90 Å². The summed E-state index contributed by atoms with van der Waals surface area (Å²) in [5, 5.41) is 13.4. The molecular formula is C14H23NO2S2. The number of thiophene rings is 1. The van der Waals surface area contributed by atoms with Gasteiger partial charge in [0.15, 0.2) is 0 Å². The molecule has 0 bridgehead atoms. The van der Waals surface area contributed by atoms with Gasteiger partial charge >= 0.3 is 0 Å². The molecule has 1 aliphatic rings. The van der Waals surface area contributed by atoms with E-state index in [0.29, 0.717) is 23.7 Å². The fraction of sp³-hybridized carbons (Fsp3) is 0.714. The Kier molecular flexibility index (Phi) is 6.16. The summed E-state index contributed by atoms with van der Waals surface area (Å²) in [6, 6.07) is 4.08. The molecule has 5 heteroatoms. The van der Waals surface area contributed by atoms with Crippen LogP contribution in [0.5, 0.6) is 0 Å². The maximum atomic E-state index is 10.0. The zero-order valence-corrected chi connectivity index (χ0v) is 13.3. The van der Waals surface area contributed by atoms with Gasteiger partial charge in [-0.25, -0.2) is 0 Å². The summed E-state index contributed by atoms with van der Waals surface area (Å²) in [5.74, 6) is 0. The average molecular weight is 301 g/mol. The number of aliphatic hydroxyl groups excluding tert-OH is 1. The van der Waals surface area contributed by atoms with Crippen molar-refractivity contribution in [2.24, 2.45) is 0 Å². The summed E-state index contributed by atoms with van der Waals surface area (Å²) in [7, 11) is 0. The lowest BCUT2D eigenvalue weighted by molar-refractivity contribution is 0.0105. The van der Waals surface area contributed by atoms with Crippen LogP contribution < -0.4 is 0 Å². The van der Waals surface area contributed by atoms with E-state index >= 15 is 0 Å². The van der Waals surface area contributed by atoms with Gasteiger partial charge < -0.3 is 9.84 Å². The number of hydrogen-bond acceptors (Lipinski definition) is 5. The predicted octanol–water partition coefficient (Wildman–Crippen LogP) is 2.45. The molecule has 0 radical (unpaired) electrons. The van der Waals surface area contributed by atoms with Crippen LogP contribution in [0.3, 0.4) is 0 Å². The first-order valence-electron chi connectivity index (χ1n) is 6.79. The van der Waals surface area contributed by atoms with Gasteiger partial charge in [0, 0.05) is 35.0 Å². The lowest BCUT2D eigenvalue weighted by Gasteiger charge is -2.35. The molecule has 1 aliphatic heterocycles. The van der Waals surface area contributed by atoms with E-state index in [-0.39, 0.29) is 6.10 Å². The third-order valence-electron chi connectivity index (χ3n) is 3.10. The van der Waals surface area contributed by atoms with Crippen molar-refractivity contribution in [3.05, 3.63) is 22.4 Å². The van der Waals surface area contributed by atoms with Crippen LogP contribution in [0.25, 0.3) is 0 Å². The lowest BCUT2D eigenvalue weighted by Crippen LogP contribution is -2.44. The van der Waals surface area contributed by atoms with Gasteiger partial charge in [-0.3, -0.25) is 4.90 Å². The van der Waals surface area contributed by atoms with E-state index in [4.69, 9.17) is 4.74 Å². The molecule has 0 saturated carbocycles. The molecule has 1 N–H and O–H groups in total. The zero-order valence-electron chi connectivity index (χ0n) is 11.6. The lowest BCUT2D eigenvalue weighted by atomic mass is 10.2. The van der Waals surface area contributed by atoms with Gasteiger partial charge in [0.05, 0.1) is 19.3 Å². The first-order chi connectivity index (χ1) is 9.13. The summed E-state index contributed by atoms with van der Waals surface area (Å²) >= 11 is 3.73. The molecule has 2 heterocycles. The van der Waals surface area contributed by atoms with Crippen LogP contribution in [-0.2, 0) is 11.3 Å². The minimum atomic E-state index is -0.387. The number of rotatable bonds is 6. The topological polar surface area (TPSA) is 32.7 Å². The largest absolute Gasteiger partial charge is 0.389 e. The summed E-state index contributed by atoms with van der Waals surface area (Å²) in [6.07, 6.45) is -0.387. The number of aliphatic hydroxyl groups is 1. The number of hydrogen-bond donors (Lipinski definition) is 1.